The first-order chi connectivity index (χ1) is 12.0. The summed E-state index contributed by atoms with van der Waals surface area (Å²) in [7, 11) is 0. The molecule has 1 atom stereocenters. The highest BCUT2D eigenvalue weighted by Crippen LogP contribution is 2.35. The fourth-order valence-corrected chi connectivity index (χ4v) is 3.44. The van der Waals surface area contributed by atoms with Crippen LogP contribution >= 0.6 is 0 Å². The van der Waals surface area contributed by atoms with Gasteiger partial charge in [0.2, 0.25) is 11.8 Å². The van der Waals surface area contributed by atoms with Gasteiger partial charge in [-0.15, -0.1) is 0 Å². The summed E-state index contributed by atoms with van der Waals surface area (Å²) < 4.78 is 32.5. The smallest absolute Gasteiger partial charge is 0.223 e. The maximum absolute atomic E-state index is 14.0. The zero-order valence-corrected chi connectivity index (χ0v) is 14.2. The number of halogens is 2. The van der Waals surface area contributed by atoms with Crippen molar-refractivity contribution in [1.82, 2.24) is 10.2 Å². The number of rotatable bonds is 4. The molecule has 2 amide bonds. The lowest BCUT2D eigenvalue weighted by atomic mass is 9.95. The van der Waals surface area contributed by atoms with Crippen molar-refractivity contribution in [3.63, 3.8) is 0 Å². The molecule has 0 radical (unpaired) electrons. The third-order valence-corrected chi connectivity index (χ3v) is 4.81. The van der Waals surface area contributed by atoms with Crippen LogP contribution in [0, 0.1) is 17.6 Å². The highest BCUT2D eigenvalue weighted by Gasteiger charge is 2.33. The Labute approximate surface area is 145 Å². The van der Waals surface area contributed by atoms with Gasteiger partial charge in [-0.25, -0.2) is 8.78 Å². The molecule has 5 nitrogen and oxygen atoms in total. The Balaban J connectivity index is 1.58. The molecule has 1 saturated heterocycles. The molecule has 1 aromatic carbocycles. The zero-order chi connectivity index (χ0) is 18.0. The van der Waals surface area contributed by atoms with E-state index in [-0.39, 0.29) is 35.7 Å². The van der Waals surface area contributed by atoms with E-state index >= 15 is 0 Å². The molecule has 2 aliphatic rings. The van der Waals surface area contributed by atoms with E-state index in [1.165, 1.54) is 0 Å². The number of hydrogen-bond donors (Lipinski definition) is 1. The predicted octanol–water partition coefficient (Wildman–Crippen LogP) is 2.55. The number of nitrogens with zero attached hydrogens (tertiary/aromatic N) is 1. The summed E-state index contributed by atoms with van der Waals surface area (Å²) in [6.07, 6.45) is 2.52. The number of carbonyl (C=O) groups excluding carboxylic acids is 2. The summed E-state index contributed by atoms with van der Waals surface area (Å²) in [5, 5.41) is 2.80. The zero-order valence-electron chi connectivity index (χ0n) is 14.2. The summed E-state index contributed by atoms with van der Waals surface area (Å²) >= 11 is 0. The number of benzene rings is 1. The minimum absolute atomic E-state index is 0.0925. The first-order valence-corrected chi connectivity index (χ1v) is 8.69. The van der Waals surface area contributed by atoms with Crippen LogP contribution in [0.3, 0.4) is 0 Å². The molecule has 25 heavy (non-hydrogen) atoms. The van der Waals surface area contributed by atoms with Crippen LogP contribution in [0.25, 0.3) is 0 Å². The van der Waals surface area contributed by atoms with E-state index < -0.39 is 17.7 Å². The summed E-state index contributed by atoms with van der Waals surface area (Å²) in [5.74, 6) is -1.53. The van der Waals surface area contributed by atoms with Gasteiger partial charge in [-0.05, 0) is 19.3 Å². The van der Waals surface area contributed by atoms with Crippen molar-refractivity contribution in [2.45, 2.75) is 38.6 Å². The van der Waals surface area contributed by atoms with Gasteiger partial charge in [-0.2, -0.15) is 0 Å². The van der Waals surface area contributed by atoms with Crippen LogP contribution in [0.1, 0.15) is 44.2 Å². The molecule has 2 heterocycles. The molecule has 1 N–H and O–H groups in total. The lowest BCUT2D eigenvalue weighted by Crippen LogP contribution is -2.43. The maximum Gasteiger partial charge on any atom is 0.223 e. The minimum Gasteiger partial charge on any atom is -0.490 e. The second-order valence-corrected chi connectivity index (χ2v) is 6.58. The average molecular weight is 352 g/mol. The summed E-state index contributed by atoms with van der Waals surface area (Å²) in [4.78, 5) is 26.2. The van der Waals surface area contributed by atoms with Crippen molar-refractivity contribution >= 4 is 11.8 Å². The maximum atomic E-state index is 14.0. The van der Waals surface area contributed by atoms with Crippen molar-refractivity contribution in [3.8, 4) is 5.75 Å². The van der Waals surface area contributed by atoms with Crippen molar-refractivity contribution in [2.24, 2.45) is 5.92 Å². The number of likely N-dealkylation sites (tertiary alicyclic amines) is 1. The topological polar surface area (TPSA) is 58.6 Å². The fraction of sp³-hybridized carbons (Fsp3) is 0.556. The predicted molar refractivity (Wildman–Crippen MR) is 86.9 cm³/mol. The summed E-state index contributed by atoms with van der Waals surface area (Å²) in [5.41, 5.74) is 0.199. The van der Waals surface area contributed by atoms with Gasteiger partial charge in [0.1, 0.15) is 24.0 Å². The Morgan fingerprint density at radius 3 is 2.68 bits per heavy atom. The Morgan fingerprint density at radius 1 is 1.28 bits per heavy atom. The Hall–Kier alpha value is -2.18. The van der Waals surface area contributed by atoms with Crippen molar-refractivity contribution < 1.29 is 23.1 Å². The second-order valence-electron chi connectivity index (χ2n) is 6.58. The molecule has 0 spiro atoms. The lowest BCUT2D eigenvalue weighted by Gasteiger charge is -2.31. The van der Waals surface area contributed by atoms with Crippen molar-refractivity contribution in [1.29, 1.82) is 0 Å². The van der Waals surface area contributed by atoms with Gasteiger partial charge < -0.3 is 15.0 Å². The number of ether oxygens (including phenoxy) is 1. The number of piperidine rings is 1. The normalized spacial score (nSPS) is 20.1. The third kappa shape index (κ3) is 3.75. The standard InChI is InChI=1S/C18H22F2N2O3/c1-2-3-16(23)22-6-4-11(5-7-22)18(24)21-14-10-25-15-9-12(19)8-13(20)17(14)15/h8-9,11,14H,2-7,10H2,1H3,(H,21,24)/t14-/m0/s1. The summed E-state index contributed by atoms with van der Waals surface area (Å²) in [6, 6.07) is 1.32. The third-order valence-electron chi connectivity index (χ3n) is 4.81. The molecule has 136 valence electrons. The number of nitrogens with one attached hydrogen (secondary N) is 1. The highest BCUT2D eigenvalue weighted by molar-refractivity contribution is 5.80. The first kappa shape index (κ1) is 17.6. The van der Waals surface area contributed by atoms with E-state index in [1.807, 2.05) is 6.92 Å². The lowest BCUT2D eigenvalue weighted by molar-refractivity contribution is -0.135. The molecule has 2 aliphatic heterocycles. The molecule has 0 saturated carbocycles. The number of fused-ring (bicyclic) bond motifs is 1. The molecule has 1 fully saturated rings. The van der Waals surface area contributed by atoms with Gasteiger partial charge in [0.05, 0.1) is 11.6 Å². The molecule has 0 aromatic heterocycles. The van der Waals surface area contributed by atoms with Crippen LogP contribution in [0.15, 0.2) is 12.1 Å². The monoisotopic (exact) mass is 352 g/mol. The van der Waals surface area contributed by atoms with E-state index in [9.17, 15) is 18.4 Å². The Bertz CT molecular complexity index is 673. The second kappa shape index (κ2) is 7.37. The van der Waals surface area contributed by atoms with Gasteiger partial charge in [0, 0.05) is 37.6 Å². The molecule has 0 aliphatic carbocycles. The van der Waals surface area contributed by atoms with E-state index in [0.717, 1.165) is 18.6 Å². The van der Waals surface area contributed by atoms with Crippen molar-refractivity contribution in [2.75, 3.05) is 19.7 Å². The molecule has 0 bridgehead atoms. The van der Waals surface area contributed by atoms with Crippen LogP contribution in [0.5, 0.6) is 5.75 Å². The number of hydrogen-bond acceptors (Lipinski definition) is 3. The van der Waals surface area contributed by atoms with Crippen LogP contribution in [-0.4, -0.2) is 36.4 Å². The van der Waals surface area contributed by atoms with E-state index in [2.05, 4.69) is 5.32 Å². The first-order valence-electron chi connectivity index (χ1n) is 8.69. The number of carbonyl (C=O) groups is 2. The van der Waals surface area contributed by atoms with Crippen molar-refractivity contribution in [3.05, 3.63) is 29.3 Å². The van der Waals surface area contributed by atoms with Gasteiger partial charge >= 0.3 is 0 Å². The van der Waals surface area contributed by atoms with Gasteiger partial charge in [0.15, 0.2) is 0 Å². The fourth-order valence-electron chi connectivity index (χ4n) is 3.44. The summed E-state index contributed by atoms with van der Waals surface area (Å²) in [6.45, 7) is 3.18. The van der Waals surface area contributed by atoms with Gasteiger partial charge in [-0.1, -0.05) is 6.92 Å². The molecular weight excluding hydrogens is 330 g/mol. The molecule has 7 heteroatoms. The highest BCUT2D eigenvalue weighted by atomic mass is 19.1. The molecule has 1 aromatic rings. The Kier molecular flexibility index (Phi) is 5.20. The van der Waals surface area contributed by atoms with Gasteiger partial charge in [0.25, 0.3) is 0 Å². The number of amides is 2. The molecule has 0 unspecified atom stereocenters. The van der Waals surface area contributed by atoms with E-state index in [1.54, 1.807) is 4.90 Å². The van der Waals surface area contributed by atoms with Gasteiger partial charge in [-0.3, -0.25) is 9.59 Å². The van der Waals surface area contributed by atoms with E-state index in [4.69, 9.17) is 4.74 Å². The van der Waals surface area contributed by atoms with Crippen LogP contribution in [0.2, 0.25) is 0 Å². The Morgan fingerprint density at radius 2 is 2.00 bits per heavy atom. The largest absolute Gasteiger partial charge is 0.490 e. The molecular formula is C18H22F2N2O3. The quantitative estimate of drug-likeness (QED) is 0.906. The van der Waals surface area contributed by atoms with Crippen LogP contribution in [-0.2, 0) is 9.59 Å². The van der Waals surface area contributed by atoms with Crippen LogP contribution in [0.4, 0.5) is 8.78 Å². The SMILES string of the molecule is CCCC(=O)N1CCC(C(=O)N[C@H]2COc3cc(F)cc(F)c32)CC1. The van der Waals surface area contributed by atoms with E-state index in [0.29, 0.717) is 32.4 Å². The van der Waals surface area contributed by atoms with Crippen LogP contribution < -0.4 is 10.1 Å². The average Bonchev–Trinajstić information content (AvgIpc) is 2.98. The minimum atomic E-state index is -0.710. The molecule has 3 rings (SSSR count).